The molecule has 0 radical (unpaired) electrons. The molecule has 1 unspecified atom stereocenters. The molecule has 0 saturated heterocycles. The highest BCUT2D eigenvalue weighted by molar-refractivity contribution is 6.08. The van der Waals surface area contributed by atoms with E-state index in [2.05, 4.69) is 15.6 Å². The fraction of sp³-hybridized carbons (Fsp3) is 0.167. The summed E-state index contributed by atoms with van der Waals surface area (Å²) in [6.07, 6.45) is -7.00. The van der Waals surface area contributed by atoms with Crippen LogP contribution in [0.25, 0.3) is 16.5 Å². The van der Waals surface area contributed by atoms with E-state index in [9.17, 15) is 35.9 Å². The van der Waals surface area contributed by atoms with Crippen molar-refractivity contribution in [3.8, 4) is 0 Å². The minimum atomic E-state index is -5.05. The van der Waals surface area contributed by atoms with Crippen molar-refractivity contribution in [3.05, 3.63) is 77.8 Å². The van der Waals surface area contributed by atoms with Crippen LogP contribution in [0.5, 0.6) is 0 Å². The van der Waals surface area contributed by atoms with Gasteiger partial charge in [0, 0.05) is 35.6 Å². The zero-order valence-electron chi connectivity index (χ0n) is 18.5. The maximum absolute atomic E-state index is 14.3. The van der Waals surface area contributed by atoms with E-state index in [1.165, 1.54) is 12.1 Å². The molecule has 3 aromatic rings. The summed E-state index contributed by atoms with van der Waals surface area (Å²) in [7, 11) is 0. The lowest BCUT2D eigenvalue weighted by Gasteiger charge is -2.35. The van der Waals surface area contributed by atoms with Crippen LogP contribution in [0.4, 0.5) is 37.7 Å². The molecule has 2 aromatic carbocycles. The Morgan fingerprint density at radius 2 is 1.89 bits per heavy atom. The summed E-state index contributed by atoms with van der Waals surface area (Å²) in [5.74, 6) is 0.594. The van der Waals surface area contributed by atoms with Crippen LogP contribution in [0.15, 0.2) is 60.9 Å². The Balaban J connectivity index is 1.52. The number of halogens is 6. The van der Waals surface area contributed by atoms with Gasteiger partial charge in [-0.2, -0.15) is 26.3 Å². The number of rotatable bonds is 3. The minimum absolute atomic E-state index is 0.0832. The van der Waals surface area contributed by atoms with Crippen LogP contribution in [-0.2, 0) is 22.3 Å². The van der Waals surface area contributed by atoms with Gasteiger partial charge in [-0.15, -0.1) is 5.01 Å². The van der Waals surface area contributed by atoms with Gasteiger partial charge in [-0.05, 0) is 41.3 Å². The van der Waals surface area contributed by atoms with E-state index in [0.717, 1.165) is 35.1 Å². The van der Waals surface area contributed by atoms with Crippen LogP contribution >= 0.6 is 0 Å². The molecule has 3 heterocycles. The van der Waals surface area contributed by atoms with Crippen molar-refractivity contribution < 1.29 is 35.9 Å². The van der Waals surface area contributed by atoms with E-state index < -0.39 is 30.1 Å². The summed E-state index contributed by atoms with van der Waals surface area (Å²) in [4.78, 5) is 27.4. The highest BCUT2D eigenvalue weighted by Gasteiger charge is 2.50. The molecule has 0 saturated carbocycles. The molecule has 13 heteroatoms. The Morgan fingerprint density at radius 1 is 1.11 bits per heavy atom. The second-order valence-electron chi connectivity index (χ2n) is 8.16. The highest BCUT2D eigenvalue weighted by Crippen LogP contribution is 2.41. The van der Waals surface area contributed by atoms with Crippen molar-refractivity contribution in [2.45, 2.75) is 25.1 Å². The number of carbonyl (C=O) groups is 1. The third-order valence-corrected chi connectivity index (χ3v) is 5.93. The van der Waals surface area contributed by atoms with Gasteiger partial charge in [-0.25, -0.2) is 4.79 Å². The predicted molar refractivity (Wildman–Crippen MR) is 121 cm³/mol. The molecule has 1 aromatic heterocycles. The number of pyridine rings is 1. The molecule has 0 fully saturated rings. The molecule has 1 atom stereocenters. The molecular formula is C24H15F6N5O2. The van der Waals surface area contributed by atoms with Gasteiger partial charge in [0.2, 0.25) is 5.91 Å². The van der Waals surface area contributed by atoms with Crippen LogP contribution in [0, 0.1) is 0 Å². The van der Waals surface area contributed by atoms with Crippen molar-refractivity contribution in [2.75, 3.05) is 10.3 Å². The predicted octanol–water partition coefficient (Wildman–Crippen LogP) is 4.61. The molecule has 37 heavy (non-hydrogen) atoms. The summed E-state index contributed by atoms with van der Waals surface area (Å²) >= 11 is 0. The van der Waals surface area contributed by atoms with E-state index >= 15 is 0 Å². The average molecular weight is 519 g/mol. The molecule has 5 rings (SSSR count). The molecule has 2 N–H and O–H groups in total. The van der Waals surface area contributed by atoms with Gasteiger partial charge < -0.3 is 10.6 Å². The number of hydrogen-bond donors (Lipinski definition) is 2. The molecule has 2 aliphatic rings. The number of benzene rings is 2. The normalized spacial score (nSPS) is 17.6. The van der Waals surface area contributed by atoms with E-state index in [1.54, 1.807) is 24.1 Å². The van der Waals surface area contributed by atoms with E-state index in [4.69, 9.17) is 0 Å². The van der Waals surface area contributed by atoms with Gasteiger partial charge in [-0.1, -0.05) is 18.2 Å². The van der Waals surface area contributed by atoms with E-state index in [1.807, 2.05) is 0 Å². The molecule has 1 amide bonds. The number of aromatic nitrogens is 1. The number of hydrazine groups is 1. The van der Waals surface area contributed by atoms with Crippen molar-refractivity contribution in [3.63, 3.8) is 0 Å². The first-order chi connectivity index (χ1) is 17.5. The zero-order valence-corrected chi connectivity index (χ0v) is 18.5. The van der Waals surface area contributed by atoms with Gasteiger partial charge in [0.25, 0.3) is 0 Å². The Bertz CT molecular complexity index is 1490. The van der Waals surface area contributed by atoms with Crippen molar-refractivity contribution >= 4 is 39.7 Å². The molecule has 0 aliphatic carbocycles. The van der Waals surface area contributed by atoms with Crippen LogP contribution in [0.1, 0.15) is 16.8 Å². The fourth-order valence-corrected chi connectivity index (χ4v) is 4.40. The van der Waals surface area contributed by atoms with Gasteiger partial charge in [0.05, 0.1) is 5.69 Å². The maximum atomic E-state index is 14.3. The Kier molecular flexibility index (Phi) is 5.69. The quantitative estimate of drug-likeness (QED) is 0.299. The average Bonchev–Trinajstić information content (AvgIpc) is 3.30. The number of nitrogens with one attached hydrogen (secondary N) is 2. The molecular weight excluding hydrogens is 504 g/mol. The van der Waals surface area contributed by atoms with Gasteiger partial charge >= 0.3 is 12.5 Å². The van der Waals surface area contributed by atoms with Crippen LogP contribution in [-0.4, -0.2) is 34.2 Å². The second kappa shape index (κ2) is 8.64. The fourth-order valence-electron chi connectivity index (χ4n) is 4.40. The first-order valence-electron chi connectivity index (χ1n) is 10.7. The highest BCUT2D eigenvalue weighted by atomic mass is 19.4. The van der Waals surface area contributed by atoms with Crippen LogP contribution in [0.3, 0.4) is 0 Å². The monoisotopic (exact) mass is 519 g/mol. The number of alkyl halides is 6. The summed E-state index contributed by atoms with van der Waals surface area (Å²) in [6.45, 7) is 0.272. The Labute approximate surface area is 204 Å². The topological polar surface area (TPSA) is 77.6 Å². The lowest BCUT2D eigenvalue weighted by Crippen LogP contribution is -2.54. The SMILES string of the molecule is O=C=C1NCc2cccc3c(N4C=CC(C(=O)Nc5ccnc(C(F)(F)F)c5)N4C(F)(F)F)ccc1c23. The molecule has 0 bridgehead atoms. The largest absolute Gasteiger partial charge is 0.478 e. The van der Waals surface area contributed by atoms with Gasteiger partial charge in [-0.3, -0.25) is 14.8 Å². The molecule has 7 nitrogen and oxygen atoms in total. The second-order valence-corrected chi connectivity index (χ2v) is 8.16. The van der Waals surface area contributed by atoms with Gasteiger partial charge in [0.1, 0.15) is 17.4 Å². The lowest BCUT2D eigenvalue weighted by atomic mass is 9.93. The summed E-state index contributed by atoms with van der Waals surface area (Å²) in [5, 5.41) is 6.61. The third kappa shape index (κ3) is 4.28. The van der Waals surface area contributed by atoms with Crippen molar-refractivity contribution in [2.24, 2.45) is 0 Å². The Morgan fingerprint density at radius 3 is 2.59 bits per heavy atom. The van der Waals surface area contributed by atoms with Gasteiger partial charge in [0.15, 0.2) is 5.94 Å². The third-order valence-electron chi connectivity index (χ3n) is 5.93. The number of nitrogens with zero attached hydrogens (tertiary/aromatic N) is 3. The molecule has 0 spiro atoms. The first-order valence-corrected chi connectivity index (χ1v) is 10.7. The van der Waals surface area contributed by atoms with Crippen LogP contribution in [0.2, 0.25) is 0 Å². The van der Waals surface area contributed by atoms with Crippen molar-refractivity contribution in [1.29, 1.82) is 0 Å². The summed E-state index contributed by atoms with van der Waals surface area (Å²) in [5.41, 5.74) is -0.174. The smallest absolute Gasteiger partial charge is 0.371 e. The van der Waals surface area contributed by atoms with Crippen molar-refractivity contribution in [1.82, 2.24) is 15.3 Å². The van der Waals surface area contributed by atoms with E-state index in [-0.39, 0.29) is 28.6 Å². The summed E-state index contributed by atoms with van der Waals surface area (Å²) < 4.78 is 81.6. The first kappa shape index (κ1) is 24.3. The maximum Gasteiger partial charge on any atom is 0.478 e. The number of carbonyl (C=O) groups excluding carboxylic acids is 2. The number of amides is 1. The Hall–Kier alpha value is -4.35. The minimum Gasteiger partial charge on any atom is -0.371 e. The lowest BCUT2D eigenvalue weighted by molar-refractivity contribution is -0.250. The summed E-state index contributed by atoms with van der Waals surface area (Å²) in [6, 6.07) is 7.55. The standard InChI is InChI=1S/C24H15F6N5O2/c25-23(26,27)20-10-14(6-8-31-20)33-22(37)19-7-9-34(35(19)24(28,29)30)18-5-4-15-17(12-36)32-11-13-2-1-3-16(18)21(13)15/h1-10,19,32H,11H2,(H,31,33,37). The van der Waals surface area contributed by atoms with Crippen LogP contribution < -0.4 is 15.6 Å². The number of anilines is 2. The number of hydrogen-bond acceptors (Lipinski definition) is 6. The molecule has 2 aliphatic heterocycles. The molecule has 190 valence electrons. The van der Waals surface area contributed by atoms with E-state index in [0.29, 0.717) is 22.4 Å². The zero-order chi connectivity index (χ0) is 26.5.